The second-order valence-corrected chi connectivity index (χ2v) is 6.48. The first-order valence-corrected chi connectivity index (χ1v) is 8.11. The van der Waals surface area contributed by atoms with Crippen LogP contribution in [0, 0.1) is 5.92 Å². The van der Waals surface area contributed by atoms with E-state index >= 15 is 0 Å². The number of fused-ring (bicyclic) bond motifs is 5. The summed E-state index contributed by atoms with van der Waals surface area (Å²) in [7, 11) is 2.27. The number of piperidine rings is 1. The Morgan fingerprint density at radius 3 is 2.90 bits per heavy atom. The monoisotopic (exact) mass is 268 g/mol. The van der Waals surface area contributed by atoms with Crippen LogP contribution in [0.5, 0.6) is 0 Å². The Morgan fingerprint density at radius 1 is 1.20 bits per heavy atom. The minimum Gasteiger partial charge on any atom is -0.346 e. The van der Waals surface area contributed by atoms with E-state index in [9.17, 15) is 0 Å². The molecule has 106 valence electrons. The quantitative estimate of drug-likeness (QED) is 0.761. The number of aryl methyl sites for hydroxylation is 1. The van der Waals surface area contributed by atoms with Gasteiger partial charge in [0.2, 0.25) is 0 Å². The van der Waals surface area contributed by atoms with Crippen molar-refractivity contribution in [1.29, 1.82) is 0 Å². The van der Waals surface area contributed by atoms with E-state index < -0.39 is 0 Å². The van der Waals surface area contributed by atoms with Crippen molar-refractivity contribution in [3.05, 3.63) is 35.5 Å². The van der Waals surface area contributed by atoms with Crippen LogP contribution in [0.1, 0.15) is 43.5 Å². The number of hydrogen-bond donors (Lipinski definition) is 0. The lowest BCUT2D eigenvalue weighted by Gasteiger charge is -2.44. The molecule has 0 bridgehead atoms. The minimum atomic E-state index is 0.662. The van der Waals surface area contributed by atoms with Crippen molar-refractivity contribution in [3.63, 3.8) is 0 Å². The van der Waals surface area contributed by atoms with Gasteiger partial charge in [0.15, 0.2) is 0 Å². The maximum atomic E-state index is 2.75. The average molecular weight is 268 g/mol. The number of rotatable bonds is 1. The van der Waals surface area contributed by atoms with Crippen molar-refractivity contribution >= 4 is 10.9 Å². The van der Waals surface area contributed by atoms with Crippen molar-refractivity contribution in [2.45, 2.75) is 38.6 Å². The van der Waals surface area contributed by atoms with Crippen molar-refractivity contribution in [2.75, 3.05) is 13.1 Å². The zero-order chi connectivity index (χ0) is 13.7. The molecule has 1 fully saturated rings. The lowest BCUT2D eigenvalue weighted by atomic mass is 9.81. The highest BCUT2D eigenvalue weighted by Gasteiger charge is 2.38. The first-order valence-electron chi connectivity index (χ1n) is 8.11. The van der Waals surface area contributed by atoms with Gasteiger partial charge in [-0.05, 0) is 43.4 Å². The van der Waals surface area contributed by atoms with Crippen LogP contribution in [0.3, 0.4) is 0 Å². The van der Waals surface area contributed by atoms with E-state index in [0.29, 0.717) is 6.04 Å². The molecule has 4 rings (SSSR count). The third kappa shape index (κ3) is 1.61. The number of aromatic nitrogens is 1. The predicted octanol–water partition coefficient (Wildman–Crippen LogP) is 3.90. The van der Waals surface area contributed by atoms with Gasteiger partial charge in [-0.3, -0.25) is 4.90 Å². The predicted molar refractivity (Wildman–Crippen MR) is 84.0 cm³/mol. The molecule has 2 unspecified atom stereocenters. The van der Waals surface area contributed by atoms with E-state index in [2.05, 4.69) is 47.7 Å². The molecule has 0 amide bonds. The maximum absolute atomic E-state index is 2.75. The molecule has 1 aromatic heterocycles. The highest BCUT2D eigenvalue weighted by molar-refractivity contribution is 5.86. The van der Waals surface area contributed by atoms with E-state index in [-0.39, 0.29) is 0 Å². The molecule has 20 heavy (non-hydrogen) atoms. The topological polar surface area (TPSA) is 8.17 Å². The van der Waals surface area contributed by atoms with Gasteiger partial charge in [-0.25, -0.2) is 0 Å². The molecule has 2 aliphatic heterocycles. The minimum absolute atomic E-state index is 0.662. The summed E-state index contributed by atoms with van der Waals surface area (Å²) in [5.74, 6) is 0.839. The molecule has 0 aliphatic carbocycles. The fraction of sp³-hybridized carbons (Fsp3) is 0.556. The summed E-state index contributed by atoms with van der Waals surface area (Å²) in [6, 6.07) is 9.61. The molecule has 2 nitrogen and oxygen atoms in total. The van der Waals surface area contributed by atoms with Gasteiger partial charge in [0.05, 0.1) is 6.04 Å². The fourth-order valence-corrected chi connectivity index (χ4v) is 4.61. The summed E-state index contributed by atoms with van der Waals surface area (Å²) < 4.78 is 2.48. The highest BCUT2D eigenvalue weighted by atomic mass is 15.2. The maximum Gasteiger partial charge on any atom is 0.0531 e. The highest BCUT2D eigenvalue weighted by Crippen LogP contribution is 2.44. The summed E-state index contributed by atoms with van der Waals surface area (Å²) in [6.07, 6.45) is 5.32. The summed E-state index contributed by atoms with van der Waals surface area (Å²) in [6.45, 7) is 4.91. The number of hydrogen-bond acceptors (Lipinski definition) is 1. The average Bonchev–Trinajstić information content (AvgIpc) is 2.80. The Hall–Kier alpha value is -1.28. The van der Waals surface area contributed by atoms with Crippen LogP contribution in [0.2, 0.25) is 0 Å². The van der Waals surface area contributed by atoms with Gasteiger partial charge in [-0.1, -0.05) is 31.5 Å². The largest absolute Gasteiger partial charge is 0.346 e. The van der Waals surface area contributed by atoms with Crippen LogP contribution < -0.4 is 0 Å². The molecule has 0 radical (unpaired) electrons. The lowest BCUT2D eigenvalue weighted by molar-refractivity contribution is 0.0763. The third-order valence-electron chi connectivity index (χ3n) is 5.57. The summed E-state index contributed by atoms with van der Waals surface area (Å²) in [5.41, 5.74) is 4.66. The van der Waals surface area contributed by atoms with Crippen molar-refractivity contribution < 1.29 is 0 Å². The molecule has 0 spiro atoms. The van der Waals surface area contributed by atoms with Crippen molar-refractivity contribution in [1.82, 2.24) is 9.47 Å². The Kier molecular flexibility index (Phi) is 2.88. The molecule has 1 saturated heterocycles. The zero-order valence-corrected chi connectivity index (χ0v) is 12.6. The Balaban J connectivity index is 1.94. The molecule has 2 aromatic rings. The van der Waals surface area contributed by atoms with Gasteiger partial charge >= 0.3 is 0 Å². The Labute approximate surface area is 121 Å². The van der Waals surface area contributed by atoms with Crippen LogP contribution in [-0.4, -0.2) is 22.6 Å². The van der Waals surface area contributed by atoms with E-state index in [1.165, 1.54) is 49.7 Å². The second-order valence-electron chi connectivity index (χ2n) is 6.48. The zero-order valence-electron chi connectivity index (χ0n) is 12.6. The molecular formula is C18H24N2. The summed E-state index contributed by atoms with van der Waals surface area (Å²) in [5, 5.41) is 1.49. The van der Waals surface area contributed by atoms with E-state index in [0.717, 1.165) is 5.92 Å². The second kappa shape index (κ2) is 4.63. The lowest BCUT2D eigenvalue weighted by Crippen LogP contribution is -2.43. The van der Waals surface area contributed by atoms with Crippen molar-refractivity contribution in [2.24, 2.45) is 13.0 Å². The van der Waals surface area contributed by atoms with Gasteiger partial charge in [0.1, 0.15) is 0 Å². The fourth-order valence-electron chi connectivity index (χ4n) is 4.61. The molecule has 1 aromatic carbocycles. The van der Waals surface area contributed by atoms with Crippen LogP contribution in [0.25, 0.3) is 10.9 Å². The molecule has 0 N–H and O–H groups in total. The standard InChI is InChI=1S/C18H24N2/c1-3-13-7-6-11-20-12-10-15-14-8-4-5-9-16(14)19(2)18(15)17(13)20/h4-5,8-9,13,17H,3,6-7,10-12H2,1-2H3. The van der Waals surface area contributed by atoms with Gasteiger partial charge < -0.3 is 4.57 Å². The normalized spacial score (nSPS) is 26.5. The summed E-state index contributed by atoms with van der Waals surface area (Å²) >= 11 is 0. The SMILES string of the molecule is CCC1CCCN2CCc3c(n(C)c4ccccc34)C12. The smallest absolute Gasteiger partial charge is 0.0531 e. The first-order chi connectivity index (χ1) is 9.81. The number of nitrogens with zero attached hydrogens (tertiary/aromatic N) is 2. The Morgan fingerprint density at radius 2 is 2.05 bits per heavy atom. The molecular weight excluding hydrogens is 244 g/mol. The first kappa shape index (κ1) is 12.5. The van der Waals surface area contributed by atoms with Crippen molar-refractivity contribution in [3.8, 4) is 0 Å². The van der Waals surface area contributed by atoms with Crippen LogP contribution in [0.15, 0.2) is 24.3 Å². The molecule has 2 heteroatoms. The van der Waals surface area contributed by atoms with Gasteiger partial charge in [0.25, 0.3) is 0 Å². The Bertz CT molecular complexity index is 640. The number of para-hydroxylation sites is 1. The van der Waals surface area contributed by atoms with Gasteiger partial charge in [0, 0.05) is 30.2 Å². The molecule has 2 aliphatic rings. The number of benzene rings is 1. The van der Waals surface area contributed by atoms with E-state index in [4.69, 9.17) is 0 Å². The van der Waals surface area contributed by atoms with Gasteiger partial charge in [-0.15, -0.1) is 0 Å². The van der Waals surface area contributed by atoms with E-state index in [1.54, 1.807) is 11.3 Å². The molecule has 0 saturated carbocycles. The van der Waals surface area contributed by atoms with Crippen LogP contribution in [0.4, 0.5) is 0 Å². The van der Waals surface area contributed by atoms with Crippen LogP contribution in [-0.2, 0) is 13.5 Å². The summed E-state index contributed by atoms with van der Waals surface area (Å²) in [4.78, 5) is 2.75. The van der Waals surface area contributed by atoms with Crippen LogP contribution >= 0.6 is 0 Å². The molecule has 3 heterocycles. The van der Waals surface area contributed by atoms with E-state index in [1.807, 2.05) is 0 Å². The third-order valence-corrected chi connectivity index (χ3v) is 5.57. The molecule has 2 atom stereocenters. The van der Waals surface area contributed by atoms with Gasteiger partial charge in [-0.2, -0.15) is 0 Å².